The first-order valence-electron chi connectivity index (χ1n) is 4.29. The third kappa shape index (κ3) is 1.61. The molecule has 1 fully saturated rings. The van der Waals surface area contributed by atoms with E-state index in [-0.39, 0.29) is 0 Å². The van der Waals surface area contributed by atoms with Crippen LogP contribution in [-0.2, 0) is 0 Å². The Balaban J connectivity index is 2.08. The van der Waals surface area contributed by atoms with Crippen molar-refractivity contribution in [3.63, 3.8) is 0 Å². The van der Waals surface area contributed by atoms with Crippen molar-refractivity contribution in [2.24, 2.45) is 0 Å². The smallest absolute Gasteiger partial charge is 0.135 e. The van der Waals surface area contributed by atoms with Crippen LogP contribution in [0.1, 0.15) is 18.7 Å². The number of nitrogens with one attached hydrogen (secondary N) is 1. The van der Waals surface area contributed by atoms with Crippen molar-refractivity contribution in [3.8, 4) is 0 Å². The van der Waals surface area contributed by atoms with Crippen molar-refractivity contribution in [2.75, 3.05) is 13.1 Å². The Morgan fingerprint density at radius 2 is 1.75 bits per heavy atom. The molecule has 3 heteroatoms. The van der Waals surface area contributed by atoms with Gasteiger partial charge in [0.2, 0.25) is 0 Å². The molecule has 0 bridgehead atoms. The average Bonchev–Trinajstić information content (AvgIpc) is 2.21. The minimum absolute atomic E-state index is 0.930. The maximum Gasteiger partial charge on any atom is 0.135 e. The van der Waals surface area contributed by atoms with Crippen LogP contribution in [0.15, 0.2) is 18.5 Å². The molecule has 0 saturated carbocycles. The number of hydrogen-bond acceptors (Lipinski definition) is 3. The maximum atomic E-state index is 4.23. The van der Waals surface area contributed by atoms with E-state index in [0.717, 1.165) is 31.8 Å². The fourth-order valence-corrected chi connectivity index (χ4v) is 1.43. The molecule has 1 saturated heterocycles. The molecule has 1 aliphatic rings. The number of hydrogen-bond donors (Lipinski definition) is 1. The molecule has 1 N–H and O–H groups in total. The lowest BCUT2D eigenvalue weighted by atomic mass is 9.97. The summed E-state index contributed by atoms with van der Waals surface area (Å²) in [6.07, 6.45) is 5.78. The summed E-state index contributed by atoms with van der Waals surface area (Å²) >= 11 is 0. The Bertz CT molecular complexity index is 229. The molecule has 0 atom stereocenters. The predicted octanol–water partition coefficient (Wildman–Crippen LogP) is 0.783. The van der Waals surface area contributed by atoms with Gasteiger partial charge in [-0.1, -0.05) is 0 Å². The lowest BCUT2D eigenvalue weighted by Crippen LogP contribution is -2.27. The maximum absolute atomic E-state index is 4.23. The highest BCUT2D eigenvalue weighted by Crippen LogP contribution is 2.19. The fourth-order valence-electron chi connectivity index (χ4n) is 1.43. The van der Waals surface area contributed by atoms with E-state index < -0.39 is 0 Å². The second-order valence-electron chi connectivity index (χ2n) is 2.93. The lowest BCUT2D eigenvalue weighted by molar-refractivity contribution is 0.554. The van der Waals surface area contributed by atoms with Gasteiger partial charge in [0.25, 0.3) is 0 Å². The van der Waals surface area contributed by atoms with Crippen molar-refractivity contribution in [1.29, 1.82) is 0 Å². The minimum atomic E-state index is 0.930. The van der Waals surface area contributed by atoms with Crippen LogP contribution in [0.3, 0.4) is 0 Å². The van der Waals surface area contributed by atoms with Crippen LogP contribution in [0.5, 0.6) is 0 Å². The molecular formula is C9H12N3. The highest BCUT2D eigenvalue weighted by Gasteiger charge is 2.17. The normalized spacial score (nSPS) is 19.3. The van der Waals surface area contributed by atoms with E-state index in [1.807, 2.05) is 6.07 Å². The number of aromatic nitrogens is 2. The summed E-state index contributed by atoms with van der Waals surface area (Å²) in [7, 11) is 0. The molecule has 0 aliphatic carbocycles. The monoisotopic (exact) mass is 162 g/mol. The topological polar surface area (TPSA) is 37.8 Å². The highest BCUT2D eigenvalue weighted by molar-refractivity contribution is 5.16. The van der Waals surface area contributed by atoms with E-state index >= 15 is 0 Å². The van der Waals surface area contributed by atoms with Gasteiger partial charge in [-0.15, -0.1) is 0 Å². The van der Waals surface area contributed by atoms with Crippen LogP contribution in [0.4, 0.5) is 0 Å². The SMILES string of the molecule is c1cnc([C]2CCNCC2)nc1. The predicted molar refractivity (Wildman–Crippen MR) is 46.5 cm³/mol. The first-order valence-corrected chi connectivity index (χ1v) is 4.29. The van der Waals surface area contributed by atoms with Crippen molar-refractivity contribution >= 4 is 0 Å². The molecule has 1 aromatic heterocycles. The first-order chi connectivity index (χ1) is 5.97. The molecule has 2 heterocycles. The largest absolute Gasteiger partial charge is 0.317 e. The molecule has 0 spiro atoms. The number of piperidine rings is 1. The van der Waals surface area contributed by atoms with E-state index in [0.29, 0.717) is 0 Å². The summed E-state index contributed by atoms with van der Waals surface area (Å²) in [6.45, 7) is 2.13. The van der Waals surface area contributed by atoms with Gasteiger partial charge in [-0.3, -0.25) is 0 Å². The Kier molecular flexibility index (Phi) is 2.32. The lowest BCUT2D eigenvalue weighted by Gasteiger charge is -2.19. The highest BCUT2D eigenvalue weighted by atomic mass is 14.9. The molecule has 2 rings (SSSR count). The van der Waals surface area contributed by atoms with Gasteiger partial charge in [-0.05, 0) is 32.0 Å². The summed E-state index contributed by atoms with van der Waals surface area (Å²) in [5.41, 5.74) is 0. The summed E-state index contributed by atoms with van der Waals surface area (Å²) < 4.78 is 0. The van der Waals surface area contributed by atoms with Crippen molar-refractivity contribution in [3.05, 3.63) is 30.2 Å². The van der Waals surface area contributed by atoms with Gasteiger partial charge in [-0.2, -0.15) is 0 Å². The van der Waals surface area contributed by atoms with E-state index in [2.05, 4.69) is 15.3 Å². The Morgan fingerprint density at radius 3 is 2.42 bits per heavy atom. The molecule has 0 unspecified atom stereocenters. The van der Waals surface area contributed by atoms with Gasteiger partial charge in [0.15, 0.2) is 0 Å². The molecule has 12 heavy (non-hydrogen) atoms. The standard InChI is InChI=1S/C9H12N3/c1-4-11-9(12-5-1)8-2-6-10-7-3-8/h1,4-5,10H,2-3,6-7H2. The van der Waals surface area contributed by atoms with Crippen LogP contribution in [-0.4, -0.2) is 23.1 Å². The molecule has 63 valence electrons. The second kappa shape index (κ2) is 3.63. The Hall–Kier alpha value is -0.960. The Labute approximate surface area is 72.2 Å². The second-order valence-corrected chi connectivity index (χ2v) is 2.93. The van der Waals surface area contributed by atoms with Crippen molar-refractivity contribution in [2.45, 2.75) is 12.8 Å². The average molecular weight is 162 g/mol. The number of nitrogens with zero attached hydrogens (tertiary/aromatic N) is 2. The summed E-state index contributed by atoms with van der Waals surface area (Å²) in [4.78, 5) is 8.45. The summed E-state index contributed by atoms with van der Waals surface area (Å²) in [5.74, 6) is 2.31. The van der Waals surface area contributed by atoms with Gasteiger partial charge in [0, 0.05) is 18.3 Å². The van der Waals surface area contributed by atoms with Crippen LogP contribution in [0, 0.1) is 5.92 Å². The zero-order valence-electron chi connectivity index (χ0n) is 6.95. The molecule has 0 aromatic carbocycles. The van der Waals surface area contributed by atoms with E-state index in [1.54, 1.807) is 12.4 Å². The van der Waals surface area contributed by atoms with Gasteiger partial charge in [0.05, 0.1) is 0 Å². The van der Waals surface area contributed by atoms with Gasteiger partial charge >= 0.3 is 0 Å². The number of rotatable bonds is 1. The minimum Gasteiger partial charge on any atom is -0.317 e. The summed E-state index contributed by atoms with van der Waals surface area (Å²) in [6, 6.07) is 1.85. The zero-order chi connectivity index (χ0) is 8.23. The zero-order valence-corrected chi connectivity index (χ0v) is 6.95. The molecular weight excluding hydrogens is 150 g/mol. The van der Waals surface area contributed by atoms with Gasteiger partial charge in [-0.25, -0.2) is 9.97 Å². The van der Waals surface area contributed by atoms with Crippen LogP contribution in [0.25, 0.3) is 0 Å². The van der Waals surface area contributed by atoms with Crippen LogP contribution < -0.4 is 5.32 Å². The molecule has 1 radical (unpaired) electrons. The van der Waals surface area contributed by atoms with E-state index in [1.165, 1.54) is 5.92 Å². The van der Waals surface area contributed by atoms with Crippen molar-refractivity contribution in [1.82, 2.24) is 15.3 Å². The van der Waals surface area contributed by atoms with E-state index in [9.17, 15) is 0 Å². The molecule has 1 aromatic rings. The van der Waals surface area contributed by atoms with Crippen molar-refractivity contribution < 1.29 is 0 Å². The quantitative estimate of drug-likeness (QED) is 0.663. The van der Waals surface area contributed by atoms with Gasteiger partial charge < -0.3 is 5.32 Å². The third-order valence-corrected chi connectivity index (χ3v) is 2.09. The Morgan fingerprint density at radius 1 is 1.08 bits per heavy atom. The third-order valence-electron chi connectivity index (χ3n) is 2.09. The fraction of sp³-hybridized carbons (Fsp3) is 0.444. The molecule has 0 amide bonds. The van der Waals surface area contributed by atoms with Gasteiger partial charge in [0.1, 0.15) is 5.82 Å². The first kappa shape index (κ1) is 7.68. The molecule has 3 nitrogen and oxygen atoms in total. The van der Waals surface area contributed by atoms with Crippen LogP contribution in [0.2, 0.25) is 0 Å². The summed E-state index contributed by atoms with van der Waals surface area (Å²) in [5, 5.41) is 3.31. The molecule has 1 aliphatic heterocycles. The van der Waals surface area contributed by atoms with Crippen LogP contribution >= 0.6 is 0 Å². The van der Waals surface area contributed by atoms with E-state index in [4.69, 9.17) is 0 Å².